The van der Waals surface area contributed by atoms with Gasteiger partial charge < -0.3 is 45.2 Å². The summed E-state index contributed by atoms with van der Waals surface area (Å²) >= 11 is 0. The van der Waals surface area contributed by atoms with Gasteiger partial charge in [0, 0.05) is 0 Å². The van der Waals surface area contributed by atoms with Gasteiger partial charge in [-0.05, 0) is 0 Å². The summed E-state index contributed by atoms with van der Waals surface area (Å²) in [6.45, 7) is 0. The molecule has 15 heavy (non-hydrogen) atoms. The Kier molecular flexibility index (Phi) is 73.2. The molecule has 2 radical (unpaired) electrons. The maximum atomic E-state index is 8.42. The number of rotatable bonds is 0. The maximum absolute atomic E-state index is 8.42. The average molecular weight is 534 g/mol. The molecule has 0 saturated carbocycles. The van der Waals surface area contributed by atoms with Crippen LogP contribution in [0.5, 0.6) is 0 Å². The molecule has 0 spiro atoms. The first-order valence-corrected chi connectivity index (χ1v) is 2.12. The molecule has 0 bridgehead atoms. The Labute approximate surface area is 168 Å². The zero-order valence-corrected chi connectivity index (χ0v) is 11.7. The van der Waals surface area contributed by atoms with E-state index in [0.717, 1.165) is 0 Å². The van der Waals surface area contributed by atoms with Crippen LogP contribution in [-0.4, -0.2) is 39.3 Å². The second-order valence-corrected chi connectivity index (χ2v) is 0.866. The summed E-state index contributed by atoms with van der Waals surface area (Å²) < 4.78 is 0. The van der Waals surface area contributed by atoms with E-state index < -0.39 is 22.0 Å². The summed E-state index contributed by atoms with van der Waals surface area (Å²) in [6, 6.07) is 0. The summed E-state index contributed by atoms with van der Waals surface area (Å²) in [4.78, 5) is 0. The molecule has 9 nitrogen and oxygen atoms in total. The largest absolute Gasteiger partial charge is 3.00 e. The van der Waals surface area contributed by atoms with Crippen LogP contribution in [0.2, 0.25) is 0 Å². The first-order chi connectivity index (χ1) is 5.20. The second kappa shape index (κ2) is 30.3. The van der Waals surface area contributed by atoms with Crippen molar-refractivity contribution < 1.29 is 132 Å². The van der Waals surface area contributed by atoms with E-state index in [1.54, 1.807) is 0 Å². The molecule has 15 heteroatoms. The van der Waals surface area contributed by atoms with Gasteiger partial charge in [-0.1, -0.05) is 0 Å². The molecule has 0 saturated heterocycles. The van der Waals surface area contributed by atoms with Crippen molar-refractivity contribution in [3.8, 4) is 0 Å². The van der Waals surface area contributed by atoms with Gasteiger partial charge in [0.05, 0.1) is 0 Å². The van der Waals surface area contributed by atoms with Crippen molar-refractivity contribution >= 4 is 39.3 Å². The molecule has 0 aliphatic carbocycles. The van der Waals surface area contributed by atoms with Crippen molar-refractivity contribution in [2.75, 3.05) is 0 Å². The van der Waals surface area contributed by atoms with Crippen LogP contribution >= 0.6 is 0 Å². The molecule has 0 aromatic rings. The minimum atomic E-state index is -2.92. The standard InChI is InChI=1S/Al.3BO3.Gd.Yb/c;3*2-1(3)4;;/q+3;3*-3;2*+3. The Morgan fingerprint density at radius 3 is 0.467 bits per heavy atom. The Hall–Kier alpha value is 3.21. The van der Waals surface area contributed by atoms with E-state index in [2.05, 4.69) is 0 Å². The topological polar surface area (TPSA) is 208 Å². The average Bonchev–Trinajstić information content (AvgIpc) is 1.54. The normalized spacial score (nSPS) is 5.40. The summed E-state index contributed by atoms with van der Waals surface area (Å²) in [5.41, 5.74) is 0. The summed E-state index contributed by atoms with van der Waals surface area (Å²) in [7, 11) is -8.75. The summed E-state index contributed by atoms with van der Waals surface area (Å²) in [5, 5.41) is 75.8. The molecule has 0 fully saturated rings. The maximum Gasteiger partial charge on any atom is 3.00 e. The fraction of sp³-hybridized carbons (Fsp3) is 0. The van der Waals surface area contributed by atoms with Gasteiger partial charge in [0.25, 0.3) is 0 Å². The van der Waals surface area contributed by atoms with Crippen LogP contribution in [0.15, 0.2) is 0 Å². The van der Waals surface area contributed by atoms with Crippen molar-refractivity contribution in [1.82, 2.24) is 0 Å². The molecule has 0 aromatic heterocycles. The van der Waals surface area contributed by atoms with E-state index in [9.17, 15) is 0 Å². The third kappa shape index (κ3) is 386. The quantitative estimate of drug-likeness (QED) is 0.270. The number of hydrogen-bond acceptors (Lipinski definition) is 9. The Morgan fingerprint density at radius 1 is 0.467 bits per heavy atom. The fourth-order valence-electron chi connectivity index (χ4n) is 0. The molecule has 0 aromatic carbocycles. The van der Waals surface area contributed by atoms with E-state index >= 15 is 0 Å². The number of hydrogen-bond donors (Lipinski definition) is 0. The molecule has 0 atom stereocenters. The molecule has 0 N–H and O–H groups in total. The van der Waals surface area contributed by atoms with Crippen LogP contribution in [0.25, 0.3) is 0 Å². The minimum Gasteiger partial charge on any atom is -0.907 e. The van der Waals surface area contributed by atoms with Gasteiger partial charge in [-0.15, -0.1) is 0 Å². The predicted molar refractivity (Wildman–Crippen MR) is 23.0 cm³/mol. The van der Waals surface area contributed by atoms with Gasteiger partial charge >= 0.3 is 104 Å². The third-order valence-corrected chi connectivity index (χ3v) is 0. The fourth-order valence-corrected chi connectivity index (χ4v) is 0. The molecule has 0 aliphatic heterocycles. The zero-order chi connectivity index (χ0) is 10.7. The van der Waals surface area contributed by atoms with Crippen molar-refractivity contribution in [2.45, 2.75) is 0 Å². The second-order valence-electron chi connectivity index (χ2n) is 0.866. The SMILES string of the molecule is [Al+3].[Gd+3].[O-]B([O-])[O-].[O-]B([O-])[O-].[O-]B([O-])[O-].[Yb+3]. The van der Waals surface area contributed by atoms with Crippen molar-refractivity contribution in [1.29, 1.82) is 0 Å². The Balaban J connectivity index is -0.0000000184. The van der Waals surface area contributed by atoms with E-state index in [0.29, 0.717) is 0 Å². The van der Waals surface area contributed by atoms with E-state index in [1.807, 2.05) is 0 Å². The van der Waals surface area contributed by atoms with Crippen LogP contribution < -0.4 is 45.2 Å². The molecule has 0 unspecified atom stereocenters. The van der Waals surface area contributed by atoms with E-state index in [-0.39, 0.29) is 104 Å². The van der Waals surface area contributed by atoms with Crippen LogP contribution in [0.4, 0.5) is 0 Å². The Bertz CT molecular complexity index is 53.8. The molecule has 0 heterocycles. The smallest absolute Gasteiger partial charge is 0.907 e. The first-order valence-electron chi connectivity index (χ1n) is 2.12. The molecule has 0 aliphatic rings. The molecule has 88 valence electrons. The molecular formula is AlB3GdO9Yb. The van der Waals surface area contributed by atoms with Crippen LogP contribution in [0.1, 0.15) is 0 Å². The van der Waals surface area contributed by atoms with Crippen LogP contribution in [0.3, 0.4) is 0 Å². The zero-order valence-electron chi connectivity index (χ0n) is 6.60. The van der Waals surface area contributed by atoms with Crippen LogP contribution in [-0.2, 0) is 0 Å². The van der Waals surface area contributed by atoms with Gasteiger partial charge in [0.2, 0.25) is 0 Å². The summed E-state index contributed by atoms with van der Waals surface area (Å²) in [5.74, 6) is 0. The van der Waals surface area contributed by atoms with Crippen molar-refractivity contribution in [3.05, 3.63) is 0 Å². The predicted octanol–water partition coefficient (Wildman–Crippen LogP) is -12.2. The summed E-state index contributed by atoms with van der Waals surface area (Å²) in [6.07, 6.45) is 0. The van der Waals surface area contributed by atoms with Crippen LogP contribution in [0, 0.1) is 86.9 Å². The molecule has 0 amide bonds. The van der Waals surface area contributed by atoms with Crippen molar-refractivity contribution in [2.24, 2.45) is 0 Å². The van der Waals surface area contributed by atoms with Gasteiger partial charge in [-0.3, -0.25) is 22.0 Å². The molecule has 0 rings (SSSR count). The molecular weight excluding hydrogens is 534 g/mol. The van der Waals surface area contributed by atoms with E-state index in [4.69, 9.17) is 45.2 Å². The van der Waals surface area contributed by atoms with Gasteiger partial charge in [0.1, 0.15) is 0 Å². The van der Waals surface area contributed by atoms with E-state index in [1.165, 1.54) is 0 Å². The monoisotopic (exact) mass is 536 g/mol. The Morgan fingerprint density at radius 2 is 0.467 bits per heavy atom. The van der Waals surface area contributed by atoms with Gasteiger partial charge in [0.15, 0.2) is 0 Å². The first kappa shape index (κ1) is 36.2. The van der Waals surface area contributed by atoms with Crippen molar-refractivity contribution in [3.63, 3.8) is 0 Å². The minimum absolute atomic E-state index is 0. The van der Waals surface area contributed by atoms with Gasteiger partial charge in [-0.2, -0.15) is 0 Å². The third-order valence-electron chi connectivity index (χ3n) is 0. The van der Waals surface area contributed by atoms with Gasteiger partial charge in [-0.25, -0.2) is 0 Å².